The van der Waals surface area contributed by atoms with Crippen molar-refractivity contribution < 1.29 is 18.7 Å². The van der Waals surface area contributed by atoms with E-state index in [9.17, 15) is 9.00 Å². The highest BCUT2D eigenvalue weighted by atomic mass is 32.2. The number of hydrogen-bond donors (Lipinski definition) is 2. The van der Waals surface area contributed by atoms with Crippen LogP contribution in [0.25, 0.3) is 0 Å². The molecular formula is C5H6N2O4S3. The van der Waals surface area contributed by atoms with Gasteiger partial charge in [-0.1, -0.05) is 23.1 Å². The molecule has 0 aliphatic heterocycles. The molecule has 1 aromatic heterocycles. The van der Waals surface area contributed by atoms with Crippen LogP contribution in [-0.2, 0) is 15.9 Å². The highest BCUT2D eigenvalue weighted by Gasteiger charge is 2.16. The summed E-state index contributed by atoms with van der Waals surface area (Å²) in [5, 5.41) is 14.9. The zero-order chi connectivity index (χ0) is 10.7. The van der Waals surface area contributed by atoms with Gasteiger partial charge in [-0.2, -0.15) is 0 Å². The van der Waals surface area contributed by atoms with E-state index in [1.54, 1.807) is 0 Å². The second kappa shape index (κ2) is 4.82. The van der Waals surface area contributed by atoms with E-state index in [-0.39, 0.29) is 4.34 Å². The van der Waals surface area contributed by atoms with E-state index in [1.165, 1.54) is 6.92 Å². The molecule has 9 heteroatoms. The van der Waals surface area contributed by atoms with Crippen molar-refractivity contribution in [3.05, 3.63) is 0 Å². The van der Waals surface area contributed by atoms with Crippen molar-refractivity contribution in [2.75, 3.05) is 0 Å². The molecule has 2 N–H and O–H groups in total. The Morgan fingerprint density at radius 3 is 2.71 bits per heavy atom. The summed E-state index contributed by atoms with van der Waals surface area (Å²) in [4.78, 5) is 10.5. The van der Waals surface area contributed by atoms with Crippen LogP contribution in [0, 0.1) is 0 Å². The molecule has 0 aliphatic rings. The Bertz CT molecular complexity index is 366. The summed E-state index contributed by atoms with van der Waals surface area (Å²) in [6, 6.07) is 0. The van der Waals surface area contributed by atoms with Crippen LogP contribution in [0.2, 0.25) is 0 Å². The fraction of sp³-hybridized carbons (Fsp3) is 0.400. The second-order valence-corrected chi connectivity index (χ2v) is 5.89. The fourth-order valence-electron chi connectivity index (χ4n) is 0.517. The van der Waals surface area contributed by atoms with Crippen molar-refractivity contribution in [2.24, 2.45) is 0 Å². The smallest absolute Gasteiger partial charge is 0.316 e. The average Bonchev–Trinajstić information content (AvgIpc) is 2.52. The van der Waals surface area contributed by atoms with Gasteiger partial charge in [0.1, 0.15) is 5.25 Å². The zero-order valence-corrected chi connectivity index (χ0v) is 9.36. The monoisotopic (exact) mass is 254 g/mol. The number of nitrogens with zero attached hydrogens (tertiary/aromatic N) is 2. The van der Waals surface area contributed by atoms with Crippen LogP contribution in [0.5, 0.6) is 0 Å². The van der Waals surface area contributed by atoms with Gasteiger partial charge >= 0.3 is 5.97 Å². The van der Waals surface area contributed by atoms with Crippen molar-refractivity contribution in [1.82, 2.24) is 10.2 Å². The molecule has 0 aromatic carbocycles. The Kier molecular flexibility index (Phi) is 3.98. The lowest BCUT2D eigenvalue weighted by Gasteiger charge is -1.99. The lowest BCUT2D eigenvalue weighted by Crippen LogP contribution is -2.10. The van der Waals surface area contributed by atoms with Gasteiger partial charge in [0.05, 0.1) is 0 Å². The summed E-state index contributed by atoms with van der Waals surface area (Å²) in [6.45, 7) is 1.50. The first-order valence-electron chi connectivity index (χ1n) is 3.34. The van der Waals surface area contributed by atoms with Crippen molar-refractivity contribution in [2.45, 2.75) is 20.9 Å². The third kappa shape index (κ3) is 3.01. The first-order valence-corrected chi connectivity index (χ1v) is 6.15. The van der Waals surface area contributed by atoms with Crippen molar-refractivity contribution in [1.29, 1.82) is 0 Å². The Morgan fingerprint density at radius 1 is 1.64 bits per heavy atom. The predicted octanol–water partition coefficient (Wildman–Crippen LogP) is 0.684. The second-order valence-electron chi connectivity index (χ2n) is 2.18. The van der Waals surface area contributed by atoms with E-state index in [0.717, 1.165) is 23.1 Å². The average molecular weight is 254 g/mol. The molecule has 0 fully saturated rings. The molecule has 6 nitrogen and oxygen atoms in total. The van der Waals surface area contributed by atoms with E-state index >= 15 is 0 Å². The molecule has 0 saturated heterocycles. The maximum Gasteiger partial charge on any atom is 0.316 e. The van der Waals surface area contributed by atoms with E-state index in [1.807, 2.05) is 0 Å². The lowest BCUT2D eigenvalue weighted by atomic mass is 10.5. The number of aliphatic carboxylic acids is 1. The zero-order valence-electron chi connectivity index (χ0n) is 6.91. The summed E-state index contributed by atoms with van der Waals surface area (Å²) < 4.78 is 19.5. The van der Waals surface area contributed by atoms with Crippen molar-refractivity contribution in [3.63, 3.8) is 0 Å². The molecule has 1 aromatic rings. The molecule has 0 aliphatic carbocycles. The summed E-state index contributed by atoms with van der Waals surface area (Å²) in [6.07, 6.45) is 0. The third-order valence-electron chi connectivity index (χ3n) is 1.16. The van der Waals surface area contributed by atoms with E-state index in [4.69, 9.17) is 9.66 Å². The normalized spacial score (nSPS) is 15.0. The van der Waals surface area contributed by atoms with Gasteiger partial charge in [0.25, 0.3) is 0 Å². The molecule has 2 unspecified atom stereocenters. The Hall–Kier alpha value is -0.510. The highest BCUT2D eigenvalue weighted by molar-refractivity contribution is 8.02. The molecule has 1 rings (SSSR count). The summed E-state index contributed by atoms with van der Waals surface area (Å²) in [7, 11) is 0. The highest BCUT2D eigenvalue weighted by Crippen LogP contribution is 2.27. The number of thioether (sulfide) groups is 1. The maximum atomic E-state index is 10.5. The summed E-state index contributed by atoms with van der Waals surface area (Å²) in [5.74, 6) is -0.961. The SMILES string of the molecule is CC(Sc1nnc(S(=O)O)s1)C(=O)O. The first-order chi connectivity index (χ1) is 6.50. The standard InChI is InChI=1S/C5H6N2O4S3/c1-2(3(8)9)12-4-6-7-5(13-4)14(10)11/h2H,1H3,(H,8,9)(H,10,11). The molecule has 78 valence electrons. The minimum Gasteiger partial charge on any atom is -0.480 e. The van der Waals surface area contributed by atoms with Crippen LogP contribution in [0.15, 0.2) is 8.68 Å². The molecule has 0 amide bonds. The number of rotatable bonds is 4. The molecule has 0 radical (unpaired) electrons. The van der Waals surface area contributed by atoms with E-state index in [0.29, 0.717) is 4.34 Å². The molecule has 0 bridgehead atoms. The Labute approximate surface area is 90.0 Å². The van der Waals surface area contributed by atoms with Gasteiger partial charge in [-0.25, -0.2) is 4.21 Å². The molecule has 1 heterocycles. The fourth-order valence-corrected chi connectivity index (χ4v) is 2.97. The molecule has 0 saturated carbocycles. The summed E-state index contributed by atoms with van der Waals surface area (Å²) in [5.41, 5.74) is 0. The molecular weight excluding hydrogens is 248 g/mol. The van der Waals surface area contributed by atoms with Gasteiger partial charge in [-0.15, -0.1) is 10.2 Å². The van der Waals surface area contributed by atoms with E-state index < -0.39 is 22.3 Å². The van der Waals surface area contributed by atoms with Crippen LogP contribution in [0.3, 0.4) is 0 Å². The predicted molar refractivity (Wildman–Crippen MR) is 51.9 cm³/mol. The topological polar surface area (TPSA) is 100 Å². The third-order valence-corrected chi connectivity index (χ3v) is 4.11. The largest absolute Gasteiger partial charge is 0.480 e. The lowest BCUT2D eigenvalue weighted by molar-refractivity contribution is -0.136. The van der Waals surface area contributed by atoms with Crippen molar-refractivity contribution >= 4 is 40.1 Å². The first kappa shape index (κ1) is 11.6. The number of aromatic nitrogens is 2. The van der Waals surface area contributed by atoms with Crippen molar-refractivity contribution in [3.8, 4) is 0 Å². The minimum absolute atomic E-state index is 0.0231. The maximum absolute atomic E-state index is 10.5. The summed E-state index contributed by atoms with van der Waals surface area (Å²) >= 11 is -0.246. The Morgan fingerprint density at radius 2 is 2.29 bits per heavy atom. The van der Waals surface area contributed by atoms with Crippen LogP contribution in [0.4, 0.5) is 0 Å². The minimum atomic E-state index is -2.15. The number of carboxylic acid groups (broad SMARTS) is 1. The van der Waals surface area contributed by atoms with Gasteiger partial charge in [0, 0.05) is 0 Å². The van der Waals surface area contributed by atoms with Gasteiger partial charge in [0.15, 0.2) is 4.34 Å². The van der Waals surface area contributed by atoms with E-state index in [2.05, 4.69) is 10.2 Å². The van der Waals surface area contributed by atoms with Gasteiger partial charge < -0.3 is 9.66 Å². The molecule has 0 spiro atoms. The van der Waals surface area contributed by atoms with Crippen LogP contribution in [0.1, 0.15) is 6.92 Å². The molecule has 2 atom stereocenters. The Balaban J connectivity index is 2.69. The quantitative estimate of drug-likeness (QED) is 0.602. The van der Waals surface area contributed by atoms with Crippen LogP contribution >= 0.6 is 23.1 Å². The van der Waals surface area contributed by atoms with Crippen LogP contribution in [-0.4, -0.2) is 35.3 Å². The van der Waals surface area contributed by atoms with Gasteiger partial charge in [-0.05, 0) is 6.92 Å². The number of hydrogen-bond acceptors (Lipinski definition) is 6. The molecule has 14 heavy (non-hydrogen) atoms. The van der Waals surface area contributed by atoms with Gasteiger partial charge in [0.2, 0.25) is 15.4 Å². The van der Waals surface area contributed by atoms with Crippen LogP contribution < -0.4 is 0 Å². The number of carbonyl (C=O) groups is 1. The number of carboxylic acids is 1. The van der Waals surface area contributed by atoms with Gasteiger partial charge in [-0.3, -0.25) is 4.79 Å².